The van der Waals surface area contributed by atoms with E-state index in [0.717, 1.165) is 11.3 Å². The Morgan fingerprint density at radius 3 is 2.56 bits per heavy atom. The molecule has 3 nitrogen and oxygen atoms in total. The Hall–Kier alpha value is -1.20. The van der Waals surface area contributed by atoms with Crippen LogP contribution in [-0.2, 0) is 11.3 Å². The molecule has 0 bridgehead atoms. The van der Waals surface area contributed by atoms with E-state index in [1.807, 2.05) is 31.2 Å². The van der Waals surface area contributed by atoms with E-state index in [1.54, 1.807) is 0 Å². The molecule has 0 saturated heterocycles. The van der Waals surface area contributed by atoms with Gasteiger partial charge in [0.25, 0.3) is 6.43 Å². The van der Waals surface area contributed by atoms with Crippen LogP contribution in [0, 0.1) is 0 Å². The van der Waals surface area contributed by atoms with Crippen LogP contribution in [0.1, 0.15) is 12.5 Å². The lowest BCUT2D eigenvalue weighted by Gasteiger charge is -2.07. The van der Waals surface area contributed by atoms with Crippen LogP contribution in [0.25, 0.3) is 0 Å². The normalized spacial score (nSPS) is 10.9. The fourth-order valence-corrected chi connectivity index (χ4v) is 1.42. The minimum absolute atomic E-state index is 0.293. The average molecular weight is 259 g/mol. The summed E-state index contributed by atoms with van der Waals surface area (Å²) in [6.07, 6.45) is -2.39. The molecule has 18 heavy (non-hydrogen) atoms. The lowest BCUT2D eigenvalue weighted by molar-refractivity contribution is 0.0187. The van der Waals surface area contributed by atoms with Crippen molar-refractivity contribution < 1.29 is 18.3 Å². The summed E-state index contributed by atoms with van der Waals surface area (Å²) in [6.45, 7) is 3.63. The summed E-state index contributed by atoms with van der Waals surface area (Å²) in [5, 5.41) is 3.12. The molecule has 0 radical (unpaired) electrons. The minimum Gasteiger partial charge on any atom is -0.494 e. The van der Waals surface area contributed by atoms with Gasteiger partial charge < -0.3 is 14.8 Å². The average Bonchev–Trinajstić information content (AvgIpc) is 2.35. The number of alkyl halides is 2. The fraction of sp³-hybridized carbons (Fsp3) is 0.538. The molecule has 0 fully saturated rings. The summed E-state index contributed by atoms with van der Waals surface area (Å²) < 4.78 is 33.6. The van der Waals surface area contributed by atoms with Crippen LogP contribution < -0.4 is 10.1 Å². The van der Waals surface area contributed by atoms with Crippen molar-refractivity contribution in [3.05, 3.63) is 29.8 Å². The summed E-state index contributed by atoms with van der Waals surface area (Å²) in [5.41, 5.74) is 1.12. The molecule has 0 aromatic heterocycles. The number of benzene rings is 1. The van der Waals surface area contributed by atoms with Crippen LogP contribution in [0.2, 0.25) is 0 Å². The largest absolute Gasteiger partial charge is 0.494 e. The Morgan fingerprint density at radius 2 is 1.94 bits per heavy atom. The molecule has 5 heteroatoms. The summed E-state index contributed by atoms with van der Waals surface area (Å²) in [4.78, 5) is 0. The van der Waals surface area contributed by atoms with Crippen molar-refractivity contribution in [2.45, 2.75) is 19.9 Å². The van der Waals surface area contributed by atoms with Gasteiger partial charge in [-0.25, -0.2) is 8.78 Å². The van der Waals surface area contributed by atoms with Crippen molar-refractivity contribution in [1.29, 1.82) is 0 Å². The van der Waals surface area contributed by atoms with Crippen molar-refractivity contribution in [3.8, 4) is 5.75 Å². The van der Waals surface area contributed by atoms with E-state index in [0.29, 0.717) is 26.3 Å². The summed E-state index contributed by atoms with van der Waals surface area (Å²) in [5.74, 6) is 0.849. The van der Waals surface area contributed by atoms with Gasteiger partial charge in [-0.2, -0.15) is 0 Å². The van der Waals surface area contributed by atoms with E-state index in [1.165, 1.54) is 0 Å². The third-order valence-electron chi connectivity index (χ3n) is 2.23. The molecule has 0 aliphatic carbocycles. The van der Waals surface area contributed by atoms with Gasteiger partial charge in [-0.05, 0) is 24.6 Å². The topological polar surface area (TPSA) is 30.5 Å². The molecule has 0 spiro atoms. The molecule has 0 atom stereocenters. The van der Waals surface area contributed by atoms with Crippen LogP contribution in [0.3, 0.4) is 0 Å². The zero-order chi connectivity index (χ0) is 13.2. The van der Waals surface area contributed by atoms with Gasteiger partial charge in [0.1, 0.15) is 12.4 Å². The van der Waals surface area contributed by atoms with Crippen molar-refractivity contribution in [2.75, 3.05) is 26.4 Å². The van der Waals surface area contributed by atoms with Gasteiger partial charge in [-0.1, -0.05) is 12.1 Å². The van der Waals surface area contributed by atoms with Crippen molar-refractivity contribution in [3.63, 3.8) is 0 Å². The predicted molar refractivity (Wildman–Crippen MR) is 66.1 cm³/mol. The van der Waals surface area contributed by atoms with E-state index in [-0.39, 0.29) is 0 Å². The van der Waals surface area contributed by atoms with Crippen LogP contribution in [0.15, 0.2) is 24.3 Å². The standard InChI is InChI=1S/C13H19F2NO2/c1-2-18-12-5-3-11(4-6-12)9-16-7-8-17-10-13(14)15/h3-6,13,16H,2,7-10H2,1H3. The summed E-state index contributed by atoms with van der Waals surface area (Å²) >= 11 is 0. The van der Waals surface area contributed by atoms with Crippen molar-refractivity contribution in [1.82, 2.24) is 5.32 Å². The van der Waals surface area contributed by atoms with E-state index in [9.17, 15) is 8.78 Å². The minimum atomic E-state index is -2.39. The Bertz CT molecular complexity index is 317. The third kappa shape index (κ3) is 6.51. The first-order chi connectivity index (χ1) is 8.72. The highest BCUT2D eigenvalue weighted by atomic mass is 19.3. The third-order valence-corrected chi connectivity index (χ3v) is 2.23. The highest BCUT2D eigenvalue weighted by Crippen LogP contribution is 2.11. The van der Waals surface area contributed by atoms with E-state index >= 15 is 0 Å². The van der Waals surface area contributed by atoms with Gasteiger partial charge in [0, 0.05) is 13.1 Å². The molecule has 0 unspecified atom stereocenters. The monoisotopic (exact) mass is 259 g/mol. The predicted octanol–water partition coefficient (Wildman–Crippen LogP) is 2.46. The van der Waals surface area contributed by atoms with Gasteiger partial charge in [0.15, 0.2) is 0 Å². The highest BCUT2D eigenvalue weighted by molar-refractivity contribution is 5.27. The number of hydrogen-bond donors (Lipinski definition) is 1. The first-order valence-corrected chi connectivity index (χ1v) is 6.00. The number of ether oxygens (including phenoxy) is 2. The van der Waals surface area contributed by atoms with Gasteiger partial charge in [-0.15, -0.1) is 0 Å². The quantitative estimate of drug-likeness (QED) is 0.691. The van der Waals surface area contributed by atoms with E-state index < -0.39 is 13.0 Å². The second-order valence-electron chi connectivity index (χ2n) is 3.72. The molecule has 1 rings (SSSR count). The van der Waals surface area contributed by atoms with Gasteiger partial charge in [0.05, 0.1) is 13.2 Å². The van der Waals surface area contributed by atoms with Crippen LogP contribution in [-0.4, -0.2) is 32.8 Å². The van der Waals surface area contributed by atoms with Gasteiger partial charge in [0.2, 0.25) is 0 Å². The second-order valence-corrected chi connectivity index (χ2v) is 3.72. The molecule has 1 N–H and O–H groups in total. The van der Waals surface area contributed by atoms with Crippen LogP contribution in [0.4, 0.5) is 8.78 Å². The second kappa shape index (κ2) is 8.83. The first-order valence-electron chi connectivity index (χ1n) is 6.00. The lowest BCUT2D eigenvalue weighted by Crippen LogP contribution is -2.20. The molecule has 0 heterocycles. The first kappa shape index (κ1) is 14.9. The number of halogens is 2. The maximum absolute atomic E-state index is 11.8. The van der Waals surface area contributed by atoms with E-state index in [2.05, 4.69) is 5.32 Å². The summed E-state index contributed by atoms with van der Waals surface area (Å²) in [7, 11) is 0. The number of rotatable bonds is 9. The Morgan fingerprint density at radius 1 is 1.22 bits per heavy atom. The maximum Gasteiger partial charge on any atom is 0.261 e. The lowest BCUT2D eigenvalue weighted by atomic mass is 10.2. The summed E-state index contributed by atoms with van der Waals surface area (Å²) in [6, 6.07) is 7.76. The molecular formula is C13H19F2NO2. The van der Waals surface area contributed by atoms with Crippen molar-refractivity contribution in [2.24, 2.45) is 0 Å². The molecule has 102 valence electrons. The van der Waals surface area contributed by atoms with E-state index in [4.69, 9.17) is 9.47 Å². The highest BCUT2D eigenvalue weighted by Gasteiger charge is 2.00. The Balaban J connectivity index is 2.11. The molecule has 1 aromatic carbocycles. The molecule has 0 aliphatic heterocycles. The molecular weight excluding hydrogens is 240 g/mol. The number of nitrogens with one attached hydrogen (secondary N) is 1. The van der Waals surface area contributed by atoms with Crippen LogP contribution >= 0.6 is 0 Å². The molecule has 1 aromatic rings. The van der Waals surface area contributed by atoms with Gasteiger partial charge >= 0.3 is 0 Å². The molecule has 0 saturated carbocycles. The number of hydrogen-bond acceptors (Lipinski definition) is 3. The Kier molecular flexibility index (Phi) is 7.29. The maximum atomic E-state index is 11.8. The fourth-order valence-electron chi connectivity index (χ4n) is 1.42. The van der Waals surface area contributed by atoms with Crippen LogP contribution in [0.5, 0.6) is 5.75 Å². The Labute approximate surface area is 106 Å². The van der Waals surface area contributed by atoms with Gasteiger partial charge in [-0.3, -0.25) is 0 Å². The molecule has 0 aliphatic rings. The van der Waals surface area contributed by atoms with Crippen molar-refractivity contribution >= 4 is 0 Å². The zero-order valence-electron chi connectivity index (χ0n) is 10.5. The SMILES string of the molecule is CCOc1ccc(CNCCOCC(F)F)cc1. The zero-order valence-corrected chi connectivity index (χ0v) is 10.5. The smallest absolute Gasteiger partial charge is 0.261 e. The molecule has 0 amide bonds.